The number of hydrogen-bond acceptors (Lipinski definition) is 3. The van der Waals surface area contributed by atoms with Gasteiger partial charge in [-0.25, -0.2) is 0 Å². The van der Waals surface area contributed by atoms with Crippen molar-refractivity contribution in [1.29, 1.82) is 0 Å². The summed E-state index contributed by atoms with van der Waals surface area (Å²) in [4.78, 5) is 26.4. The predicted molar refractivity (Wildman–Crippen MR) is 103 cm³/mol. The zero-order chi connectivity index (χ0) is 18.5. The van der Waals surface area contributed by atoms with Gasteiger partial charge in [0, 0.05) is 17.6 Å². The van der Waals surface area contributed by atoms with Gasteiger partial charge in [-0.3, -0.25) is 9.59 Å². The minimum Gasteiger partial charge on any atom is -0.484 e. The van der Waals surface area contributed by atoms with Gasteiger partial charge in [0.15, 0.2) is 6.61 Å². The summed E-state index contributed by atoms with van der Waals surface area (Å²) in [5.41, 5.74) is 3.70. The first kappa shape index (κ1) is 17.7. The van der Waals surface area contributed by atoms with Crippen molar-refractivity contribution in [2.45, 2.75) is 20.3 Å². The van der Waals surface area contributed by atoms with E-state index >= 15 is 0 Å². The Bertz CT molecular complexity index is 975. The van der Waals surface area contributed by atoms with Gasteiger partial charge in [-0.05, 0) is 61.5 Å². The molecule has 0 aliphatic carbocycles. The van der Waals surface area contributed by atoms with E-state index in [1.807, 2.05) is 55.5 Å². The third-order valence-electron chi connectivity index (χ3n) is 4.22. The van der Waals surface area contributed by atoms with Crippen LogP contribution in [0.3, 0.4) is 0 Å². The molecule has 1 amide bonds. The van der Waals surface area contributed by atoms with Gasteiger partial charge in [-0.1, -0.05) is 23.8 Å². The zero-order valence-electron chi connectivity index (χ0n) is 15.0. The highest BCUT2D eigenvalue weighted by Crippen LogP contribution is 2.14. The van der Waals surface area contributed by atoms with Crippen LogP contribution < -0.4 is 15.6 Å². The molecule has 0 aliphatic rings. The number of hydrogen-bond donors (Lipinski definition) is 2. The third-order valence-corrected chi connectivity index (χ3v) is 4.22. The van der Waals surface area contributed by atoms with E-state index in [1.165, 1.54) is 0 Å². The Labute approximate surface area is 152 Å². The molecule has 5 heteroatoms. The van der Waals surface area contributed by atoms with E-state index in [2.05, 4.69) is 10.3 Å². The van der Waals surface area contributed by atoms with Crippen molar-refractivity contribution in [3.8, 4) is 5.75 Å². The zero-order valence-corrected chi connectivity index (χ0v) is 15.0. The predicted octanol–water partition coefficient (Wildman–Crippen LogP) is 2.88. The van der Waals surface area contributed by atoms with Gasteiger partial charge in [-0.15, -0.1) is 0 Å². The molecule has 0 saturated carbocycles. The van der Waals surface area contributed by atoms with Crippen molar-refractivity contribution in [3.63, 3.8) is 0 Å². The lowest BCUT2D eigenvalue weighted by Crippen LogP contribution is -2.30. The highest BCUT2D eigenvalue weighted by Gasteiger charge is 2.04. The number of carbonyl (C=O) groups excluding carboxylic acids is 1. The highest BCUT2D eigenvalue weighted by molar-refractivity contribution is 5.80. The Morgan fingerprint density at radius 1 is 1.08 bits per heavy atom. The number of aromatic nitrogens is 1. The van der Waals surface area contributed by atoms with Gasteiger partial charge < -0.3 is 15.0 Å². The number of carbonyl (C=O) groups is 1. The number of ether oxygens (including phenoxy) is 1. The first-order chi connectivity index (χ1) is 12.5. The van der Waals surface area contributed by atoms with E-state index in [4.69, 9.17) is 4.74 Å². The van der Waals surface area contributed by atoms with Crippen molar-refractivity contribution in [1.82, 2.24) is 10.3 Å². The van der Waals surface area contributed by atoms with Crippen LogP contribution in [0.4, 0.5) is 0 Å². The van der Waals surface area contributed by atoms with Crippen LogP contribution in [0.5, 0.6) is 5.75 Å². The van der Waals surface area contributed by atoms with Crippen LogP contribution in [-0.2, 0) is 11.2 Å². The molecular weight excluding hydrogens is 328 g/mol. The molecule has 0 spiro atoms. The molecule has 1 aromatic heterocycles. The molecule has 1 heterocycles. The van der Waals surface area contributed by atoms with Crippen LogP contribution in [0.15, 0.2) is 53.3 Å². The van der Waals surface area contributed by atoms with Gasteiger partial charge >= 0.3 is 0 Å². The molecular formula is C21H22N2O3. The van der Waals surface area contributed by atoms with Gasteiger partial charge in [0.2, 0.25) is 0 Å². The SMILES string of the molecule is Cc1ccc(OCC(=O)NCCc2ccc3[nH]c(=O)c(C)cc3c2)cc1. The molecule has 2 N–H and O–H groups in total. The first-order valence-corrected chi connectivity index (χ1v) is 8.60. The molecule has 5 nitrogen and oxygen atoms in total. The molecule has 3 rings (SSSR count). The Balaban J connectivity index is 1.50. The fourth-order valence-corrected chi connectivity index (χ4v) is 2.70. The second-order valence-electron chi connectivity index (χ2n) is 6.40. The van der Waals surface area contributed by atoms with Crippen LogP contribution in [0.2, 0.25) is 0 Å². The molecule has 0 fully saturated rings. The summed E-state index contributed by atoms with van der Waals surface area (Å²) in [7, 11) is 0. The second-order valence-corrected chi connectivity index (χ2v) is 6.40. The molecule has 0 bridgehead atoms. The molecule has 0 aliphatic heterocycles. The lowest BCUT2D eigenvalue weighted by atomic mass is 10.1. The van der Waals surface area contributed by atoms with E-state index < -0.39 is 0 Å². The molecule has 2 aromatic carbocycles. The van der Waals surface area contributed by atoms with Crippen molar-refractivity contribution in [2.24, 2.45) is 0 Å². The summed E-state index contributed by atoms with van der Waals surface area (Å²) in [5.74, 6) is 0.538. The molecule has 0 radical (unpaired) electrons. The third kappa shape index (κ3) is 4.51. The lowest BCUT2D eigenvalue weighted by Gasteiger charge is -2.08. The van der Waals surface area contributed by atoms with E-state index in [0.29, 0.717) is 24.3 Å². The summed E-state index contributed by atoms with van der Waals surface area (Å²) in [5, 5.41) is 3.85. The number of rotatable bonds is 6. The number of benzene rings is 2. The van der Waals surface area contributed by atoms with Crippen LogP contribution in [0.25, 0.3) is 10.9 Å². The topological polar surface area (TPSA) is 71.2 Å². The average Bonchev–Trinajstić information content (AvgIpc) is 2.62. The van der Waals surface area contributed by atoms with E-state index in [0.717, 1.165) is 22.0 Å². The van der Waals surface area contributed by atoms with E-state index in [-0.39, 0.29) is 18.1 Å². The average molecular weight is 350 g/mol. The summed E-state index contributed by atoms with van der Waals surface area (Å²) >= 11 is 0. The smallest absolute Gasteiger partial charge is 0.257 e. The molecule has 0 atom stereocenters. The number of aryl methyl sites for hydroxylation is 2. The standard InChI is InChI=1S/C21H22N2O3/c1-14-3-6-18(7-4-14)26-13-20(24)22-10-9-16-5-8-19-17(12-16)11-15(2)21(25)23-19/h3-8,11-12H,9-10,13H2,1-2H3,(H,22,24)(H,23,25). The molecule has 134 valence electrons. The van der Waals surface area contributed by atoms with Gasteiger partial charge in [-0.2, -0.15) is 0 Å². The van der Waals surface area contributed by atoms with Crippen molar-refractivity contribution in [3.05, 3.63) is 75.6 Å². The minimum absolute atomic E-state index is 0.00120. The number of fused-ring (bicyclic) bond motifs is 1. The minimum atomic E-state index is -0.147. The number of pyridine rings is 1. The van der Waals surface area contributed by atoms with Crippen LogP contribution >= 0.6 is 0 Å². The summed E-state index contributed by atoms with van der Waals surface area (Å²) in [6, 6.07) is 15.4. The first-order valence-electron chi connectivity index (χ1n) is 8.60. The largest absolute Gasteiger partial charge is 0.484 e. The molecule has 3 aromatic rings. The van der Waals surface area contributed by atoms with Gasteiger partial charge in [0.05, 0.1) is 0 Å². The van der Waals surface area contributed by atoms with Crippen molar-refractivity contribution < 1.29 is 9.53 Å². The molecule has 0 saturated heterocycles. The van der Waals surface area contributed by atoms with E-state index in [9.17, 15) is 9.59 Å². The number of H-pyrrole nitrogens is 1. The van der Waals surface area contributed by atoms with Crippen molar-refractivity contribution in [2.75, 3.05) is 13.2 Å². The van der Waals surface area contributed by atoms with Crippen molar-refractivity contribution >= 4 is 16.8 Å². The Morgan fingerprint density at radius 3 is 2.62 bits per heavy atom. The summed E-state index contributed by atoms with van der Waals surface area (Å²) < 4.78 is 5.46. The van der Waals surface area contributed by atoms with Gasteiger partial charge in [0.25, 0.3) is 11.5 Å². The maximum atomic E-state index is 11.9. The molecule has 26 heavy (non-hydrogen) atoms. The maximum absolute atomic E-state index is 11.9. The maximum Gasteiger partial charge on any atom is 0.257 e. The quantitative estimate of drug-likeness (QED) is 0.718. The summed E-state index contributed by atoms with van der Waals surface area (Å²) in [6.45, 7) is 4.33. The van der Waals surface area contributed by atoms with Crippen LogP contribution in [-0.4, -0.2) is 24.0 Å². The monoisotopic (exact) mass is 350 g/mol. The summed E-state index contributed by atoms with van der Waals surface area (Å²) in [6.07, 6.45) is 0.713. The van der Waals surface area contributed by atoms with Crippen LogP contribution in [0, 0.1) is 13.8 Å². The normalized spacial score (nSPS) is 10.7. The van der Waals surface area contributed by atoms with Gasteiger partial charge in [0.1, 0.15) is 5.75 Å². The number of amides is 1. The Morgan fingerprint density at radius 2 is 1.85 bits per heavy atom. The van der Waals surface area contributed by atoms with Crippen LogP contribution in [0.1, 0.15) is 16.7 Å². The fraction of sp³-hybridized carbons (Fsp3) is 0.238. The fourth-order valence-electron chi connectivity index (χ4n) is 2.70. The molecule has 0 unspecified atom stereocenters. The number of nitrogens with one attached hydrogen (secondary N) is 2. The second kappa shape index (κ2) is 7.87. The van der Waals surface area contributed by atoms with E-state index in [1.54, 1.807) is 6.92 Å². The number of aromatic amines is 1. The Hall–Kier alpha value is -3.08. The lowest BCUT2D eigenvalue weighted by molar-refractivity contribution is -0.123. The Kier molecular flexibility index (Phi) is 5.37. The highest BCUT2D eigenvalue weighted by atomic mass is 16.5.